The van der Waals surface area contributed by atoms with Crippen LogP contribution in [0.4, 0.5) is 0 Å². The van der Waals surface area contributed by atoms with Crippen molar-refractivity contribution >= 4 is 11.9 Å². The number of aliphatic carboxylic acids is 1. The lowest BCUT2D eigenvalue weighted by molar-refractivity contribution is -0.138. The second kappa shape index (κ2) is 7.68. The topological polar surface area (TPSA) is 66.4 Å². The largest absolute Gasteiger partial charge is 0.481 e. The van der Waals surface area contributed by atoms with Crippen molar-refractivity contribution in [2.75, 3.05) is 0 Å². The Kier molecular flexibility index (Phi) is 6.22. The van der Waals surface area contributed by atoms with Crippen LogP contribution >= 0.6 is 0 Å². The van der Waals surface area contributed by atoms with Gasteiger partial charge in [0, 0.05) is 12.8 Å². The number of carboxylic acids is 1. The molecule has 20 heavy (non-hydrogen) atoms. The Morgan fingerprint density at radius 2 is 1.75 bits per heavy atom. The molecule has 0 spiro atoms. The minimum Gasteiger partial charge on any atom is -0.481 e. The van der Waals surface area contributed by atoms with Gasteiger partial charge in [0.1, 0.15) is 0 Å². The average Bonchev–Trinajstić information content (AvgIpc) is 2.37. The van der Waals surface area contributed by atoms with Crippen molar-refractivity contribution < 1.29 is 14.7 Å². The van der Waals surface area contributed by atoms with Crippen molar-refractivity contribution in [2.45, 2.75) is 46.1 Å². The van der Waals surface area contributed by atoms with E-state index < -0.39 is 5.97 Å². The van der Waals surface area contributed by atoms with E-state index in [1.807, 2.05) is 19.1 Å². The highest BCUT2D eigenvalue weighted by molar-refractivity contribution is 5.77. The van der Waals surface area contributed by atoms with E-state index in [0.29, 0.717) is 0 Å². The first-order valence-electron chi connectivity index (χ1n) is 7.02. The van der Waals surface area contributed by atoms with Crippen molar-refractivity contribution in [2.24, 2.45) is 5.92 Å². The zero-order valence-electron chi connectivity index (χ0n) is 12.3. The molecule has 1 aromatic carbocycles. The van der Waals surface area contributed by atoms with E-state index in [0.717, 1.165) is 12.0 Å². The summed E-state index contributed by atoms with van der Waals surface area (Å²) in [5.74, 6) is -1.12. The van der Waals surface area contributed by atoms with Gasteiger partial charge >= 0.3 is 5.97 Å². The highest BCUT2D eigenvalue weighted by atomic mass is 16.4. The molecule has 0 radical (unpaired) electrons. The molecule has 0 saturated heterocycles. The van der Waals surface area contributed by atoms with E-state index in [-0.39, 0.29) is 30.7 Å². The molecular formula is C16H23NO3. The zero-order chi connectivity index (χ0) is 15.1. The lowest BCUT2D eigenvalue weighted by atomic mass is 10.0. The number of aryl methyl sites for hydroxylation is 1. The van der Waals surface area contributed by atoms with Gasteiger partial charge < -0.3 is 10.4 Å². The van der Waals surface area contributed by atoms with Gasteiger partial charge in [-0.2, -0.15) is 0 Å². The molecule has 1 amide bonds. The van der Waals surface area contributed by atoms with Gasteiger partial charge in [-0.05, 0) is 30.4 Å². The Hall–Kier alpha value is -1.84. The third-order valence-corrected chi connectivity index (χ3v) is 3.32. The monoisotopic (exact) mass is 277 g/mol. The fraction of sp³-hybridized carbons (Fsp3) is 0.500. The van der Waals surface area contributed by atoms with Gasteiger partial charge in [-0.15, -0.1) is 0 Å². The predicted molar refractivity (Wildman–Crippen MR) is 78.4 cm³/mol. The number of carbonyl (C=O) groups excluding carboxylic acids is 1. The molecule has 2 N–H and O–H groups in total. The van der Waals surface area contributed by atoms with Crippen LogP contribution in [-0.2, 0) is 16.0 Å². The third-order valence-electron chi connectivity index (χ3n) is 3.32. The molecular weight excluding hydrogens is 254 g/mol. The summed E-state index contributed by atoms with van der Waals surface area (Å²) in [6.07, 6.45) is 1.25. The molecule has 2 unspecified atom stereocenters. The van der Waals surface area contributed by atoms with Crippen LogP contribution in [0.5, 0.6) is 0 Å². The van der Waals surface area contributed by atoms with Crippen LogP contribution in [0.1, 0.15) is 50.8 Å². The van der Waals surface area contributed by atoms with Gasteiger partial charge in [-0.3, -0.25) is 9.59 Å². The van der Waals surface area contributed by atoms with E-state index in [9.17, 15) is 9.59 Å². The Balaban J connectivity index is 2.49. The van der Waals surface area contributed by atoms with Gasteiger partial charge in [0.2, 0.25) is 5.91 Å². The fourth-order valence-corrected chi connectivity index (χ4v) is 2.11. The summed E-state index contributed by atoms with van der Waals surface area (Å²) in [4.78, 5) is 22.4. The standard InChI is InChI=1S/C16H23NO3/c1-4-13-5-7-14(8-6-13)12(3)17-15(18)9-11(2)10-16(19)20/h5-8,11-12H,4,9-10H2,1-3H3,(H,17,18)(H,19,20). The smallest absolute Gasteiger partial charge is 0.303 e. The van der Waals surface area contributed by atoms with Crippen molar-refractivity contribution in [1.29, 1.82) is 0 Å². The van der Waals surface area contributed by atoms with Crippen molar-refractivity contribution in [3.8, 4) is 0 Å². The number of hydrogen-bond acceptors (Lipinski definition) is 2. The summed E-state index contributed by atoms with van der Waals surface area (Å²) in [5.41, 5.74) is 2.32. The minimum absolute atomic E-state index is 0.0208. The number of carbonyl (C=O) groups is 2. The van der Waals surface area contributed by atoms with Crippen molar-refractivity contribution in [1.82, 2.24) is 5.32 Å². The summed E-state index contributed by atoms with van der Waals surface area (Å²) in [6.45, 7) is 5.80. The highest BCUT2D eigenvalue weighted by Crippen LogP contribution is 2.15. The number of hydrogen-bond donors (Lipinski definition) is 2. The van der Waals surface area contributed by atoms with Gasteiger partial charge in [0.25, 0.3) is 0 Å². The van der Waals surface area contributed by atoms with Crippen LogP contribution in [0.3, 0.4) is 0 Å². The molecule has 0 bridgehead atoms. The molecule has 110 valence electrons. The molecule has 4 heteroatoms. The first-order valence-corrected chi connectivity index (χ1v) is 7.02. The highest BCUT2D eigenvalue weighted by Gasteiger charge is 2.15. The van der Waals surface area contributed by atoms with Gasteiger partial charge in [-0.25, -0.2) is 0 Å². The Labute approximate surface area is 120 Å². The quantitative estimate of drug-likeness (QED) is 0.805. The minimum atomic E-state index is -0.867. The lowest BCUT2D eigenvalue weighted by Gasteiger charge is -2.16. The lowest BCUT2D eigenvalue weighted by Crippen LogP contribution is -2.28. The molecule has 1 rings (SSSR count). The number of amides is 1. The van der Waals surface area contributed by atoms with E-state index in [4.69, 9.17) is 5.11 Å². The summed E-state index contributed by atoms with van der Waals surface area (Å²) < 4.78 is 0. The molecule has 1 aromatic rings. The Morgan fingerprint density at radius 3 is 2.25 bits per heavy atom. The van der Waals surface area contributed by atoms with Gasteiger partial charge in [-0.1, -0.05) is 38.1 Å². The fourth-order valence-electron chi connectivity index (χ4n) is 2.11. The molecule has 0 aliphatic rings. The molecule has 0 heterocycles. The molecule has 0 aromatic heterocycles. The maximum Gasteiger partial charge on any atom is 0.303 e. The number of nitrogens with one attached hydrogen (secondary N) is 1. The van der Waals surface area contributed by atoms with E-state index in [1.165, 1.54) is 5.56 Å². The zero-order valence-corrected chi connectivity index (χ0v) is 12.3. The SMILES string of the molecule is CCc1ccc(C(C)NC(=O)CC(C)CC(=O)O)cc1. The van der Waals surface area contributed by atoms with Gasteiger partial charge in [0.05, 0.1) is 6.04 Å². The number of rotatable bonds is 7. The first-order chi connectivity index (χ1) is 9.42. The second-order valence-electron chi connectivity index (χ2n) is 5.29. The summed E-state index contributed by atoms with van der Waals surface area (Å²) in [5, 5.41) is 11.6. The molecule has 0 aliphatic heterocycles. The van der Waals surface area contributed by atoms with Crippen LogP contribution in [0, 0.1) is 5.92 Å². The van der Waals surface area contributed by atoms with Crippen molar-refractivity contribution in [3.05, 3.63) is 35.4 Å². The number of benzene rings is 1. The molecule has 0 saturated carbocycles. The number of carboxylic acid groups (broad SMARTS) is 1. The summed E-state index contributed by atoms with van der Waals surface area (Å²) >= 11 is 0. The van der Waals surface area contributed by atoms with Crippen LogP contribution in [0.2, 0.25) is 0 Å². The van der Waals surface area contributed by atoms with Crippen LogP contribution in [0.25, 0.3) is 0 Å². The maximum atomic E-state index is 11.8. The van der Waals surface area contributed by atoms with Gasteiger partial charge in [0.15, 0.2) is 0 Å². The maximum absolute atomic E-state index is 11.8. The van der Waals surface area contributed by atoms with E-state index >= 15 is 0 Å². The Bertz CT molecular complexity index is 453. The van der Waals surface area contributed by atoms with E-state index in [2.05, 4.69) is 24.4 Å². The normalized spacial score (nSPS) is 13.6. The third kappa shape index (κ3) is 5.43. The second-order valence-corrected chi connectivity index (χ2v) is 5.29. The summed E-state index contributed by atoms with van der Waals surface area (Å²) in [6, 6.07) is 8.09. The molecule has 0 aliphatic carbocycles. The van der Waals surface area contributed by atoms with Crippen LogP contribution in [0.15, 0.2) is 24.3 Å². The van der Waals surface area contributed by atoms with Crippen LogP contribution in [-0.4, -0.2) is 17.0 Å². The predicted octanol–water partition coefficient (Wildman–Crippen LogP) is 2.93. The Morgan fingerprint density at radius 1 is 1.15 bits per heavy atom. The summed E-state index contributed by atoms with van der Waals surface area (Å²) in [7, 11) is 0. The molecule has 2 atom stereocenters. The molecule has 4 nitrogen and oxygen atoms in total. The van der Waals surface area contributed by atoms with E-state index in [1.54, 1.807) is 6.92 Å². The molecule has 0 fully saturated rings. The van der Waals surface area contributed by atoms with Crippen LogP contribution < -0.4 is 5.32 Å². The van der Waals surface area contributed by atoms with Crippen molar-refractivity contribution in [3.63, 3.8) is 0 Å². The first kappa shape index (κ1) is 16.2. The average molecular weight is 277 g/mol.